The molecule has 0 saturated carbocycles. The van der Waals surface area contributed by atoms with Gasteiger partial charge in [-0.25, -0.2) is 9.97 Å². The standard InChI is InChI=1S/C27H16Br4N4/c28-16-3-1-2-14(11-16)10-15-12-18-13-17-4-5-19(32-17)24(29)20-6-7-21(34-20)25(30)22-8-9-23(35-22)26(31)27(15)33-18/h1-9,11-13,32-33H,10H2. The molecule has 2 N–H and O–H groups in total. The number of fused-ring (bicyclic) bond motifs is 8. The van der Waals surface area contributed by atoms with Gasteiger partial charge in [0.2, 0.25) is 0 Å². The van der Waals surface area contributed by atoms with Gasteiger partial charge in [-0.15, -0.1) is 0 Å². The molecule has 1 aromatic carbocycles. The Morgan fingerprint density at radius 1 is 0.629 bits per heavy atom. The van der Waals surface area contributed by atoms with Crippen LogP contribution < -0.4 is 0 Å². The number of aromatic amines is 2. The topological polar surface area (TPSA) is 57.4 Å². The van der Waals surface area contributed by atoms with Crippen molar-refractivity contribution in [3.05, 3.63) is 100 Å². The second-order valence-corrected chi connectivity index (χ2v) is 11.6. The van der Waals surface area contributed by atoms with E-state index >= 15 is 0 Å². The van der Waals surface area contributed by atoms with E-state index in [0.29, 0.717) is 0 Å². The lowest BCUT2D eigenvalue weighted by atomic mass is 10.1. The molecule has 8 heteroatoms. The van der Waals surface area contributed by atoms with E-state index in [2.05, 4.69) is 116 Å². The summed E-state index contributed by atoms with van der Waals surface area (Å²) in [5.41, 5.74) is 9.76. The molecular formula is C27H16Br4N4. The lowest BCUT2D eigenvalue weighted by Crippen LogP contribution is -1.88. The molecule has 0 spiro atoms. The van der Waals surface area contributed by atoms with Crippen LogP contribution in [0.25, 0.3) is 46.4 Å². The van der Waals surface area contributed by atoms with Gasteiger partial charge in [-0.3, -0.25) is 0 Å². The lowest BCUT2D eigenvalue weighted by molar-refractivity contribution is 1.21. The zero-order valence-corrected chi connectivity index (χ0v) is 24.4. The third kappa shape index (κ3) is 4.53. The molecule has 35 heavy (non-hydrogen) atoms. The largest absolute Gasteiger partial charge is 0.354 e. The highest BCUT2D eigenvalue weighted by molar-refractivity contribution is 9.11. The fraction of sp³-hybridized carbons (Fsp3) is 0.0370. The van der Waals surface area contributed by atoms with Gasteiger partial charge in [-0.05, 0) is 126 Å². The minimum absolute atomic E-state index is 0.785. The van der Waals surface area contributed by atoms with Crippen LogP contribution in [-0.4, -0.2) is 19.9 Å². The molecule has 5 heterocycles. The Morgan fingerprint density at radius 3 is 2.03 bits per heavy atom. The summed E-state index contributed by atoms with van der Waals surface area (Å²) in [4.78, 5) is 16.8. The highest BCUT2D eigenvalue weighted by Gasteiger charge is 2.14. The molecule has 0 amide bonds. The molecule has 2 aliphatic rings. The average Bonchev–Trinajstić information content (AvgIpc) is 3.64. The van der Waals surface area contributed by atoms with Gasteiger partial charge in [0.25, 0.3) is 0 Å². The highest BCUT2D eigenvalue weighted by atomic mass is 79.9. The quantitative estimate of drug-likeness (QED) is 0.188. The van der Waals surface area contributed by atoms with Crippen molar-refractivity contribution in [2.24, 2.45) is 0 Å². The summed E-state index contributed by atoms with van der Waals surface area (Å²) in [7, 11) is 0. The highest BCUT2D eigenvalue weighted by Crippen LogP contribution is 2.33. The number of halogens is 4. The van der Waals surface area contributed by atoms with E-state index in [1.54, 1.807) is 0 Å². The van der Waals surface area contributed by atoms with Crippen LogP contribution in [0.4, 0.5) is 0 Å². The van der Waals surface area contributed by atoms with Crippen LogP contribution in [0.15, 0.2) is 66.4 Å². The maximum absolute atomic E-state index is 4.89. The van der Waals surface area contributed by atoms with E-state index in [1.807, 2.05) is 30.4 Å². The third-order valence-corrected chi connectivity index (χ3v) is 8.80. The Hall–Kier alpha value is -2.26. The monoisotopic (exact) mass is 712 g/mol. The van der Waals surface area contributed by atoms with Gasteiger partial charge in [-0.1, -0.05) is 28.1 Å². The van der Waals surface area contributed by atoms with E-state index in [4.69, 9.17) is 9.97 Å². The van der Waals surface area contributed by atoms with E-state index in [-0.39, 0.29) is 0 Å². The first-order valence-electron chi connectivity index (χ1n) is 10.8. The van der Waals surface area contributed by atoms with Crippen LogP contribution in [0.3, 0.4) is 0 Å². The van der Waals surface area contributed by atoms with E-state index < -0.39 is 0 Å². The molecule has 4 nitrogen and oxygen atoms in total. The smallest absolute Gasteiger partial charge is 0.0802 e. The molecule has 0 saturated heterocycles. The zero-order valence-electron chi connectivity index (χ0n) is 18.0. The number of rotatable bonds is 2. The lowest BCUT2D eigenvalue weighted by Gasteiger charge is -2.02. The van der Waals surface area contributed by atoms with Gasteiger partial charge in [0.05, 0.1) is 47.2 Å². The predicted octanol–water partition coefficient (Wildman–Crippen LogP) is 9.30. The van der Waals surface area contributed by atoms with E-state index in [1.165, 1.54) is 11.1 Å². The summed E-state index contributed by atoms with van der Waals surface area (Å²) < 4.78 is 3.75. The zero-order chi connectivity index (χ0) is 24.1. The van der Waals surface area contributed by atoms with Crippen molar-refractivity contribution in [2.45, 2.75) is 6.42 Å². The summed E-state index contributed by atoms with van der Waals surface area (Å²) in [6.45, 7) is 0. The van der Waals surface area contributed by atoms with Crippen molar-refractivity contribution < 1.29 is 0 Å². The first-order chi connectivity index (χ1) is 16.9. The fourth-order valence-corrected chi connectivity index (χ4v) is 6.12. The van der Waals surface area contributed by atoms with Crippen molar-refractivity contribution in [3.8, 4) is 0 Å². The first-order valence-corrected chi connectivity index (χ1v) is 14.0. The maximum atomic E-state index is 4.89. The number of nitrogens with one attached hydrogen (secondary N) is 2. The van der Waals surface area contributed by atoms with Gasteiger partial charge in [0.15, 0.2) is 0 Å². The van der Waals surface area contributed by atoms with E-state index in [0.717, 1.165) is 69.2 Å². The van der Waals surface area contributed by atoms with Crippen molar-refractivity contribution in [1.82, 2.24) is 19.9 Å². The van der Waals surface area contributed by atoms with Crippen molar-refractivity contribution >= 4 is 110 Å². The maximum Gasteiger partial charge on any atom is 0.0802 e. The second-order valence-electron chi connectivity index (χ2n) is 8.28. The molecule has 0 aliphatic carbocycles. The Balaban J connectivity index is 1.67. The summed E-state index contributed by atoms with van der Waals surface area (Å²) in [5, 5.41) is 0. The third-order valence-electron chi connectivity index (χ3n) is 5.86. The van der Waals surface area contributed by atoms with Gasteiger partial charge in [0, 0.05) is 15.5 Å². The van der Waals surface area contributed by atoms with Crippen LogP contribution in [0, 0.1) is 0 Å². The summed E-state index contributed by atoms with van der Waals surface area (Å²) >= 11 is 14.9. The van der Waals surface area contributed by atoms with Gasteiger partial charge < -0.3 is 9.97 Å². The predicted molar refractivity (Wildman–Crippen MR) is 159 cm³/mol. The molecule has 172 valence electrons. The minimum Gasteiger partial charge on any atom is -0.354 e. The number of hydrogen-bond donors (Lipinski definition) is 2. The van der Waals surface area contributed by atoms with Crippen LogP contribution >= 0.6 is 63.7 Å². The number of H-pyrrole nitrogens is 2. The van der Waals surface area contributed by atoms with Crippen molar-refractivity contribution in [1.29, 1.82) is 0 Å². The van der Waals surface area contributed by atoms with E-state index in [9.17, 15) is 0 Å². The van der Waals surface area contributed by atoms with Crippen LogP contribution in [0.5, 0.6) is 0 Å². The molecule has 4 aromatic rings. The summed E-state index contributed by atoms with van der Waals surface area (Å²) in [6.07, 6.45) is 8.81. The van der Waals surface area contributed by atoms with Crippen molar-refractivity contribution in [3.63, 3.8) is 0 Å². The molecule has 0 radical (unpaired) electrons. The second kappa shape index (κ2) is 9.32. The number of aromatic nitrogens is 4. The molecular weight excluding hydrogens is 700 g/mol. The summed E-state index contributed by atoms with van der Waals surface area (Å²) in [6, 6.07) is 16.8. The minimum atomic E-state index is 0.785. The number of benzene rings is 1. The van der Waals surface area contributed by atoms with Gasteiger partial charge in [0.1, 0.15) is 0 Å². The molecule has 0 fully saturated rings. The Bertz CT molecular complexity index is 1730. The molecule has 8 bridgehead atoms. The summed E-state index contributed by atoms with van der Waals surface area (Å²) in [5.74, 6) is 0. The first kappa shape index (κ1) is 23.2. The Kier molecular flexibility index (Phi) is 6.16. The molecule has 0 unspecified atom stereocenters. The van der Waals surface area contributed by atoms with Gasteiger partial charge in [-0.2, -0.15) is 0 Å². The molecule has 6 rings (SSSR count). The van der Waals surface area contributed by atoms with Crippen LogP contribution in [0.2, 0.25) is 0 Å². The van der Waals surface area contributed by atoms with Crippen LogP contribution in [0.1, 0.15) is 33.9 Å². The number of hydrogen-bond acceptors (Lipinski definition) is 2. The van der Waals surface area contributed by atoms with Crippen molar-refractivity contribution in [2.75, 3.05) is 0 Å². The van der Waals surface area contributed by atoms with Crippen LogP contribution in [-0.2, 0) is 6.42 Å². The number of nitrogens with zero attached hydrogens (tertiary/aromatic N) is 2. The average molecular weight is 716 g/mol. The molecule has 0 atom stereocenters. The Morgan fingerprint density at radius 2 is 1.31 bits per heavy atom. The Labute approximate surface area is 235 Å². The molecule has 2 aliphatic heterocycles. The SMILES string of the molecule is Brc1cccc(Cc2cc3cc4ccc([nH]4)c(Br)c4nc(c(Br)c5nc(c(Br)c2[nH]3)C=C5)C=C4)c1. The molecule has 3 aromatic heterocycles. The van der Waals surface area contributed by atoms with Gasteiger partial charge >= 0.3 is 0 Å². The fourth-order valence-electron chi connectivity index (χ4n) is 4.20. The normalized spacial score (nSPS) is 12.5.